The molecule has 0 atom stereocenters. The number of amides is 2. The van der Waals surface area contributed by atoms with Gasteiger partial charge in [0.2, 0.25) is 5.91 Å². The summed E-state index contributed by atoms with van der Waals surface area (Å²) in [7, 11) is 0. The second kappa shape index (κ2) is 6.36. The van der Waals surface area contributed by atoms with Gasteiger partial charge in [-0.2, -0.15) is 5.10 Å². The molecule has 1 fully saturated rings. The number of aryl methyl sites for hydroxylation is 1. The molecule has 0 radical (unpaired) electrons. The number of likely N-dealkylation sites (tertiary alicyclic amines) is 1. The summed E-state index contributed by atoms with van der Waals surface area (Å²) in [5.41, 5.74) is 1.38. The fraction of sp³-hybridized carbons (Fsp3) is 0.615. The maximum absolute atomic E-state index is 11.8. The molecule has 1 aromatic heterocycles. The van der Waals surface area contributed by atoms with E-state index >= 15 is 0 Å². The Labute approximate surface area is 112 Å². The maximum atomic E-state index is 11.8. The first-order valence-electron chi connectivity index (χ1n) is 6.81. The third kappa shape index (κ3) is 3.56. The van der Waals surface area contributed by atoms with Crippen molar-refractivity contribution in [1.82, 2.24) is 20.4 Å². The molecule has 0 aromatic carbocycles. The topological polar surface area (TPSA) is 78.1 Å². The zero-order valence-electron chi connectivity index (χ0n) is 11.2. The highest BCUT2D eigenvalue weighted by molar-refractivity contribution is 5.92. The smallest absolute Gasteiger partial charge is 0.271 e. The summed E-state index contributed by atoms with van der Waals surface area (Å²) in [4.78, 5) is 25.0. The molecule has 0 unspecified atom stereocenters. The van der Waals surface area contributed by atoms with Gasteiger partial charge in [0.25, 0.3) is 5.91 Å². The summed E-state index contributed by atoms with van der Waals surface area (Å²) >= 11 is 0. The van der Waals surface area contributed by atoms with E-state index in [1.165, 1.54) is 0 Å². The van der Waals surface area contributed by atoms with Gasteiger partial charge in [0, 0.05) is 31.7 Å². The average Bonchev–Trinajstić information content (AvgIpc) is 3.03. The summed E-state index contributed by atoms with van der Waals surface area (Å²) in [5, 5.41) is 9.58. The van der Waals surface area contributed by atoms with Crippen molar-refractivity contribution in [2.24, 2.45) is 0 Å². The summed E-state index contributed by atoms with van der Waals surface area (Å²) in [6.45, 7) is 4.14. The van der Waals surface area contributed by atoms with Crippen LogP contribution in [0.25, 0.3) is 0 Å². The molecule has 0 saturated carbocycles. The molecule has 2 amide bonds. The van der Waals surface area contributed by atoms with E-state index in [1.54, 1.807) is 6.07 Å². The van der Waals surface area contributed by atoms with Gasteiger partial charge in [0.15, 0.2) is 0 Å². The van der Waals surface area contributed by atoms with Crippen molar-refractivity contribution in [3.05, 3.63) is 17.5 Å². The Balaban J connectivity index is 1.67. The van der Waals surface area contributed by atoms with Crippen LogP contribution in [0.15, 0.2) is 6.07 Å². The Hall–Kier alpha value is -1.85. The Morgan fingerprint density at radius 2 is 2.42 bits per heavy atom. The number of carbonyl (C=O) groups excluding carboxylic acids is 2. The van der Waals surface area contributed by atoms with E-state index < -0.39 is 0 Å². The van der Waals surface area contributed by atoms with Crippen molar-refractivity contribution in [3.8, 4) is 0 Å². The van der Waals surface area contributed by atoms with Crippen molar-refractivity contribution in [2.75, 3.05) is 19.6 Å². The highest BCUT2D eigenvalue weighted by Gasteiger charge is 2.19. The highest BCUT2D eigenvalue weighted by atomic mass is 16.2. The quantitative estimate of drug-likeness (QED) is 0.743. The van der Waals surface area contributed by atoms with Crippen LogP contribution >= 0.6 is 0 Å². The Bertz CT molecular complexity index is 455. The van der Waals surface area contributed by atoms with Crippen molar-refractivity contribution in [2.45, 2.75) is 32.6 Å². The monoisotopic (exact) mass is 264 g/mol. The van der Waals surface area contributed by atoms with Crippen molar-refractivity contribution < 1.29 is 9.59 Å². The molecule has 0 aliphatic carbocycles. The van der Waals surface area contributed by atoms with Crippen LogP contribution in [0.4, 0.5) is 0 Å². The van der Waals surface area contributed by atoms with Crippen LogP contribution in [0, 0.1) is 0 Å². The summed E-state index contributed by atoms with van der Waals surface area (Å²) < 4.78 is 0. The minimum Gasteiger partial charge on any atom is -0.351 e. The van der Waals surface area contributed by atoms with E-state index in [0.717, 1.165) is 38.0 Å². The SMILES string of the molecule is CCc1cc(C(=O)NCCCN2CCCC2=O)n[nH]1. The first-order chi connectivity index (χ1) is 9.20. The number of hydrogen-bond acceptors (Lipinski definition) is 3. The van der Waals surface area contributed by atoms with Gasteiger partial charge < -0.3 is 10.2 Å². The second-order valence-electron chi connectivity index (χ2n) is 4.73. The van der Waals surface area contributed by atoms with E-state index in [0.29, 0.717) is 18.7 Å². The number of rotatable bonds is 6. The predicted molar refractivity (Wildman–Crippen MR) is 70.7 cm³/mol. The first kappa shape index (κ1) is 13.6. The van der Waals surface area contributed by atoms with Crippen LogP contribution in [0.3, 0.4) is 0 Å². The molecule has 6 heteroatoms. The molecule has 19 heavy (non-hydrogen) atoms. The molecular formula is C13H20N4O2. The first-order valence-corrected chi connectivity index (χ1v) is 6.81. The molecule has 2 heterocycles. The molecule has 104 valence electrons. The lowest BCUT2D eigenvalue weighted by atomic mass is 10.3. The summed E-state index contributed by atoms with van der Waals surface area (Å²) in [6, 6.07) is 1.76. The third-order valence-electron chi connectivity index (χ3n) is 3.31. The van der Waals surface area contributed by atoms with Gasteiger partial charge in [0.1, 0.15) is 5.69 Å². The molecule has 1 aromatic rings. The summed E-state index contributed by atoms with van der Waals surface area (Å²) in [5.74, 6) is 0.0647. The van der Waals surface area contributed by atoms with E-state index in [1.807, 2.05) is 11.8 Å². The minimum atomic E-state index is -0.163. The van der Waals surface area contributed by atoms with Crippen LogP contribution in [-0.2, 0) is 11.2 Å². The Morgan fingerprint density at radius 1 is 1.58 bits per heavy atom. The minimum absolute atomic E-state index is 0.163. The molecule has 1 saturated heterocycles. The van der Waals surface area contributed by atoms with Crippen molar-refractivity contribution in [1.29, 1.82) is 0 Å². The van der Waals surface area contributed by atoms with Crippen LogP contribution in [0.5, 0.6) is 0 Å². The van der Waals surface area contributed by atoms with Gasteiger partial charge in [-0.25, -0.2) is 0 Å². The molecule has 1 aliphatic heterocycles. The molecule has 2 rings (SSSR count). The second-order valence-corrected chi connectivity index (χ2v) is 4.73. The Morgan fingerprint density at radius 3 is 3.05 bits per heavy atom. The fourth-order valence-corrected chi connectivity index (χ4v) is 2.16. The predicted octanol–water partition coefficient (Wildman–Crippen LogP) is 0.714. The zero-order valence-corrected chi connectivity index (χ0v) is 11.2. The van der Waals surface area contributed by atoms with Crippen LogP contribution in [0.2, 0.25) is 0 Å². The third-order valence-corrected chi connectivity index (χ3v) is 3.31. The van der Waals surface area contributed by atoms with Crippen molar-refractivity contribution in [3.63, 3.8) is 0 Å². The number of H-pyrrole nitrogens is 1. The standard InChI is InChI=1S/C13H20N4O2/c1-2-10-9-11(16-15-10)13(19)14-6-4-8-17-7-3-5-12(17)18/h9H,2-8H2,1H3,(H,14,19)(H,15,16). The lowest BCUT2D eigenvalue weighted by molar-refractivity contribution is -0.127. The lowest BCUT2D eigenvalue weighted by Crippen LogP contribution is -2.30. The zero-order chi connectivity index (χ0) is 13.7. The average molecular weight is 264 g/mol. The molecule has 0 spiro atoms. The number of nitrogens with one attached hydrogen (secondary N) is 2. The number of nitrogens with zero attached hydrogens (tertiary/aromatic N) is 2. The van der Waals surface area contributed by atoms with Gasteiger partial charge in [-0.15, -0.1) is 0 Å². The molecule has 0 bridgehead atoms. The number of aromatic amines is 1. The van der Waals surface area contributed by atoms with Gasteiger partial charge >= 0.3 is 0 Å². The van der Waals surface area contributed by atoms with Crippen LogP contribution in [0.1, 0.15) is 42.4 Å². The van der Waals surface area contributed by atoms with E-state index in [9.17, 15) is 9.59 Å². The summed E-state index contributed by atoms with van der Waals surface area (Å²) in [6.07, 6.45) is 3.23. The van der Waals surface area contributed by atoms with Crippen LogP contribution in [-0.4, -0.2) is 46.5 Å². The highest BCUT2D eigenvalue weighted by Crippen LogP contribution is 2.09. The normalized spacial score (nSPS) is 15.0. The van der Waals surface area contributed by atoms with Crippen molar-refractivity contribution >= 4 is 11.8 Å². The molecule has 2 N–H and O–H groups in total. The number of carbonyl (C=O) groups is 2. The van der Waals surface area contributed by atoms with E-state index in [-0.39, 0.29) is 11.8 Å². The molecular weight excluding hydrogens is 244 g/mol. The lowest BCUT2D eigenvalue weighted by Gasteiger charge is -2.14. The molecule has 6 nitrogen and oxygen atoms in total. The number of aromatic nitrogens is 2. The van der Waals surface area contributed by atoms with E-state index in [2.05, 4.69) is 15.5 Å². The molecule has 1 aliphatic rings. The van der Waals surface area contributed by atoms with Gasteiger partial charge in [0.05, 0.1) is 0 Å². The van der Waals surface area contributed by atoms with Gasteiger partial charge in [-0.1, -0.05) is 6.92 Å². The van der Waals surface area contributed by atoms with Gasteiger partial charge in [-0.05, 0) is 25.3 Å². The maximum Gasteiger partial charge on any atom is 0.271 e. The van der Waals surface area contributed by atoms with Gasteiger partial charge in [-0.3, -0.25) is 14.7 Å². The number of hydrogen-bond donors (Lipinski definition) is 2. The largest absolute Gasteiger partial charge is 0.351 e. The Kier molecular flexibility index (Phi) is 4.54. The fourth-order valence-electron chi connectivity index (χ4n) is 2.16. The van der Waals surface area contributed by atoms with E-state index in [4.69, 9.17) is 0 Å². The van der Waals surface area contributed by atoms with Crippen LogP contribution < -0.4 is 5.32 Å².